The van der Waals surface area contributed by atoms with Crippen molar-refractivity contribution < 1.29 is 9.15 Å². The van der Waals surface area contributed by atoms with Crippen LogP contribution >= 0.6 is 0 Å². The molecule has 2 aliphatic carbocycles. The van der Waals surface area contributed by atoms with Crippen molar-refractivity contribution in [3.8, 4) is 17.2 Å². The van der Waals surface area contributed by atoms with Crippen molar-refractivity contribution in [1.82, 2.24) is 15.1 Å². The minimum atomic E-state index is 0.573. The second-order valence-corrected chi connectivity index (χ2v) is 7.15. The van der Waals surface area contributed by atoms with Gasteiger partial charge in [-0.15, -0.1) is 10.2 Å². The minimum Gasteiger partial charge on any atom is -0.497 e. The number of benzene rings is 1. The average molecular weight is 311 g/mol. The summed E-state index contributed by atoms with van der Waals surface area (Å²) in [4.78, 5) is 2.54. The Kier molecular flexibility index (Phi) is 2.98. The normalized spacial score (nSPS) is 31.9. The van der Waals surface area contributed by atoms with Gasteiger partial charge in [-0.1, -0.05) is 6.07 Å². The molecular formula is C18H21N3O2. The van der Waals surface area contributed by atoms with Crippen LogP contribution in [0.25, 0.3) is 11.5 Å². The van der Waals surface area contributed by atoms with Crippen molar-refractivity contribution in [3.05, 3.63) is 30.2 Å². The van der Waals surface area contributed by atoms with Crippen LogP contribution in [0.4, 0.5) is 0 Å². The molecule has 1 aliphatic heterocycles. The summed E-state index contributed by atoms with van der Waals surface area (Å²) in [5, 5.41) is 8.45. The topological polar surface area (TPSA) is 51.4 Å². The second-order valence-electron chi connectivity index (χ2n) is 7.15. The Balaban J connectivity index is 1.31. The van der Waals surface area contributed by atoms with Gasteiger partial charge in [0.2, 0.25) is 11.8 Å². The highest BCUT2D eigenvalue weighted by molar-refractivity contribution is 5.55. The van der Waals surface area contributed by atoms with E-state index >= 15 is 0 Å². The molecule has 5 nitrogen and oxygen atoms in total. The molecule has 1 saturated heterocycles. The lowest BCUT2D eigenvalue weighted by Gasteiger charge is -2.50. The molecule has 2 bridgehead atoms. The highest BCUT2D eigenvalue weighted by Crippen LogP contribution is 2.55. The smallest absolute Gasteiger partial charge is 0.247 e. The van der Waals surface area contributed by atoms with Gasteiger partial charge < -0.3 is 9.15 Å². The molecule has 0 unspecified atom stereocenters. The van der Waals surface area contributed by atoms with Crippen molar-refractivity contribution in [2.75, 3.05) is 13.7 Å². The summed E-state index contributed by atoms with van der Waals surface area (Å²) in [6, 6.07) is 8.52. The zero-order chi connectivity index (χ0) is 15.4. The van der Waals surface area contributed by atoms with Gasteiger partial charge in [0.15, 0.2) is 0 Å². The van der Waals surface area contributed by atoms with Gasteiger partial charge in [-0.05, 0) is 55.2 Å². The van der Waals surface area contributed by atoms with Crippen LogP contribution in [-0.4, -0.2) is 34.8 Å². The third kappa shape index (κ3) is 2.10. The zero-order valence-corrected chi connectivity index (χ0v) is 13.3. The van der Waals surface area contributed by atoms with E-state index < -0.39 is 0 Å². The van der Waals surface area contributed by atoms with Gasteiger partial charge in [-0.25, -0.2) is 0 Å². The largest absolute Gasteiger partial charge is 0.497 e. The van der Waals surface area contributed by atoms with Crippen molar-refractivity contribution in [2.45, 2.75) is 31.8 Å². The molecule has 4 atom stereocenters. The molecule has 1 aromatic carbocycles. The molecule has 5 heteroatoms. The number of fused-ring (bicyclic) bond motifs is 5. The highest BCUT2D eigenvalue weighted by Gasteiger charge is 2.56. The molecule has 2 heterocycles. The lowest BCUT2D eigenvalue weighted by atomic mass is 9.77. The van der Waals surface area contributed by atoms with Gasteiger partial charge in [-0.2, -0.15) is 0 Å². The zero-order valence-electron chi connectivity index (χ0n) is 13.3. The molecule has 5 rings (SSSR count). The van der Waals surface area contributed by atoms with Gasteiger partial charge in [-0.3, -0.25) is 4.90 Å². The van der Waals surface area contributed by atoms with E-state index in [4.69, 9.17) is 9.15 Å². The molecular weight excluding hydrogens is 290 g/mol. The standard InChI is InChI=1S/C18H21N3O2/c1-22-14-4-2-3-13(8-14)18-20-19-16(23-18)10-21-9-15-11-5-6-12(7-11)17(15)21/h2-4,8,11-12,15,17H,5-7,9-10H2,1H3/t11-,12-,15-,17+/m0/s1. The van der Waals surface area contributed by atoms with Crippen LogP contribution < -0.4 is 4.74 Å². The van der Waals surface area contributed by atoms with E-state index in [0.717, 1.165) is 47.5 Å². The maximum absolute atomic E-state index is 5.88. The summed E-state index contributed by atoms with van der Waals surface area (Å²) in [5.74, 6) is 4.95. The Bertz CT molecular complexity index is 727. The quantitative estimate of drug-likeness (QED) is 0.869. The monoisotopic (exact) mass is 311 g/mol. The molecule has 1 aromatic heterocycles. The predicted octanol–water partition coefficient (Wildman–Crippen LogP) is 2.98. The fraction of sp³-hybridized carbons (Fsp3) is 0.556. The highest BCUT2D eigenvalue weighted by atomic mass is 16.5. The lowest BCUT2D eigenvalue weighted by molar-refractivity contribution is -0.0332. The van der Waals surface area contributed by atoms with Gasteiger partial charge in [0.05, 0.1) is 13.7 Å². The summed E-state index contributed by atoms with van der Waals surface area (Å²) >= 11 is 0. The molecule has 0 radical (unpaired) electrons. The Morgan fingerprint density at radius 3 is 3.04 bits per heavy atom. The van der Waals surface area contributed by atoms with Crippen LogP contribution in [0.2, 0.25) is 0 Å². The molecule has 0 amide bonds. The van der Waals surface area contributed by atoms with Crippen LogP contribution in [0.15, 0.2) is 28.7 Å². The van der Waals surface area contributed by atoms with E-state index in [1.807, 2.05) is 24.3 Å². The van der Waals surface area contributed by atoms with E-state index in [9.17, 15) is 0 Å². The number of aromatic nitrogens is 2. The number of likely N-dealkylation sites (tertiary alicyclic amines) is 1. The third-order valence-electron chi connectivity index (χ3n) is 6.03. The summed E-state index contributed by atoms with van der Waals surface area (Å²) in [6.07, 6.45) is 4.33. The van der Waals surface area contributed by atoms with E-state index in [0.29, 0.717) is 5.89 Å². The number of hydrogen-bond donors (Lipinski definition) is 0. The van der Waals surface area contributed by atoms with Crippen molar-refractivity contribution in [2.24, 2.45) is 17.8 Å². The first-order valence-electron chi connectivity index (χ1n) is 8.52. The van der Waals surface area contributed by atoms with E-state index in [-0.39, 0.29) is 0 Å². The minimum absolute atomic E-state index is 0.573. The van der Waals surface area contributed by atoms with Crippen LogP contribution in [0.1, 0.15) is 25.2 Å². The maximum Gasteiger partial charge on any atom is 0.247 e. The SMILES string of the molecule is COc1cccc(-c2nnc(CN3C[C@H]4[C@H]5CC[C@@H](C5)[C@H]43)o2)c1. The Hall–Kier alpha value is -1.88. The van der Waals surface area contributed by atoms with E-state index in [2.05, 4.69) is 15.1 Å². The van der Waals surface area contributed by atoms with Gasteiger partial charge >= 0.3 is 0 Å². The summed E-state index contributed by atoms with van der Waals surface area (Å²) in [7, 11) is 1.66. The Morgan fingerprint density at radius 1 is 1.26 bits per heavy atom. The molecule has 2 aromatic rings. The maximum atomic E-state index is 5.88. The first-order valence-corrected chi connectivity index (χ1v) is 8.52. The average Bonchev–Trinajstić information content (AvgIpc) is 3.25. The van der Waals surface area contributed by atoms with Gasteiger partial charge in [0.25, 0.3) is 0 Å². The Morgan fingerprint density at radius 2 is 2.17 bits per heavy atom. The first kappa shape index (κ1) is 13.5. The van der Waals surface area contributed by atoms with Gasteiger partial charge in [0.1, 0.15) is 5.75 Å². The van der Waals surface area contributed by atoms with Crippen molar-refractivity contribution in [1.29, 1.82) is 0 Å². The van der Waals surface area contributed by atoms with Crippen LogP contribution in [0.3, 0.4) is 0 Å². The summed E-state index contributed by atoms with van der Waals surface area (Å²) < 4.78 is 11.1. The molecule has 120 valence electrons. The molecule has 23 heavy (non-hydrogen) atoms. The molecule has 0 N–H and O–H groups in total. The van der Waals surface area contributed by atoms with E-state index in [1.54, 1.807) is 7.11 Å². The third-order valence-corrected chi connectivity index (χ3v) is 6.03. The van der Waals surface area contributed by atoms with Crippen LogP contribution in [0.5, 0.6) is 5.75 Å². The predicted molar refractivity (Wildman–Crippen MR) is 84.8 cm³/mol. The molecule has 3 fully saturated rings. The fourth-order valence-electron chi connectivity index (χ4n) is 4.99. The summed E-state index contributed by atoms with van der Waals surface area (Å²) in [5.41, 5.74) is 0.907. The van der Waals surface area contributed by atoms with Crippen molar-refractivity contribution >= 4 is 0 Å². The molecule has 0 spiro atoms. The molecule has 3 aliphatic rings. The number of nitrogens with zero attached hydrogens (tertiary/aromatic N) is 3. The van der Waals surface area contributed by atoms with Gasteiger partial charge in [0, 0.05) is 18.2 Å². The number of methoxy groups -OCH3 is 1. The van der Waals surface area contributed by atoms with Crippen LogP contribution in [0, 0.1) is 17.8 Å². The first-order chi connectivity index (χ1) is 11.3. The Labute approximate surface area is 135 Å². The lowest BCUT2D eigenvalue weighted by Crippen LogP contribution is -2.58. The molecule has 2 saturated carbocycles. The fourth-order valence-corrected chi connectivity index (χ4v) is 4.99. The number of hydrogen-bond acceptors (Lipinski definition) is 5. The number of ether oxygens (including phenoxy) is 1. The van der Waals surface area contributed by atoms with E-state index in [1.165, 1.54) is 25.8 Å². The number of rotatable bonds is 4. The summed E-state index contributed by atoms with van der Waals surface area (Å²) in [6.45, 7) is 2.00. The van der Waals surface area contributed by atoms with Crippen molar-refractivity contribution in [3.63, 3.8) is 0 Å². The van der Waals surface area contributed by atoms with Crippen LogP contribution in [-0.2, 0) is 6.54 Å². The second kappa shape index (κ2) is 5.06.